The van der Waals surface area contributed by atoms with E-state index in [2.05, 4.69) is 0 Å². The van der Waals surface area contributed by atoms with E-state index in [9.17, 15) is 14.9 Å². The number of carbonyl (C=O) groups excluding carboxylic acids is 1. The molecular formula is C13H16N2O4. The van der Waals surface area contributed by atoms with Gasteiger partial charge in [0.2, 0.25) is 5.91 Å². The largest absolute Gasteiger partial charge is 0.490 e. The Morgan fingerprint density at radius 2 is 2.11 bits per heavy atom. The highest BCUT2D eigenvalue weighted by Gasteiger charge is 2.22. The SMILES string of the molecule is CC(=O)N1CCC(Oc2cccc([N+](=O)[O-])c2)CC1. The smallest absolute Gasteiger partial charge is 0.273 e. The molecule has 0 unspecified atom stereocenters. The van der Waals surface area contributed by atoms with Gasteiger partial charge in [-0.15, -0.1) is 0 Å². The van der Waals surface area contributed by atoms with Gasteiger partial charge >= 0.3 is 0 Å². The van der Waals surface area contributed by atoms with Crippen molar-refractivity contribution in [3.8, 4) is 5.75 Å². The summed E-state index contributed by atoms with van der Waals surface area (Å²) in [5, 5.41) is 10.7. The van der Waals surface area contributed by atoms with Gasteiger partial charge in [0.15, 0.2) is 0 Å². The topological polar surface area (TPSA) is 72.7 Å². The Balaban J connectivity index is 1.94. The van der Waals surface area contributed by atoms with Crippen LogP contribution in [0.15, 0.2) is 24.3 Å². The van der Waals surface area contributed by atoms with Crippen LogP contribution in [0.2, 0.25) is 0 Å². The van der Waals surface area contributed by atoms with Crippen LogP contribution in [0.1, 0.15) is 19.8 Å². The molecule has 1 aromatic rings. The fourth-order valence-electron chi connectivity index (χ4n) is 2.15. The summed E-state index contributed by atoms with van der Waals surface area (Å²) in [6.07, 6.45) is 1.52. The van der Waals surface area contributed by atoms with Gasteiger partial charge in [0.05, 0.1) is 11.0 Å². The lowest BCUT2D eigenvalue weighted by molar-refractivity contribution is -0.384. The Bertz CT molecular complexity index is 481. The van der Waals surface area contributed by atoms with Crippen molar-refractivity contribution in [2.24, 2.45) is 0 Å². The first-order valence-corrected chi connectivity index (χ1v) is 6.23. The summed E-state index contributed by atoms with van der Waals surface area (Å²) in [5.41, 5.74) is 0.0265. The van der Waals surface area contributed by atoms with Gasteiger partial charge in [-0.3, -0.25) is 14.9 Å². The fraction of sp³-hybridized carbons (Fsp3) is 0.462. The molecule has 0 bridgehead atoms. The zero-order valence-electron chi connectivity index (χ0n) is 10.7. The maximum absolute atomic E-state index is 11.2. The summed E-state index contributed by atoms with van der Waals surface area (Å²) >= 11 is 0. The minimum Gasteiger partial charge on any atom is -0.490 e. The molecule has 6 nitrogen and oxygen atoms in total. The van der Waals surface area contributed by atoms with Crippen LogP contribution in [0.3, 0.4) is 0 Å². The van der Waals surface area contributed by atoms with Crippen molar-refractivity contribution in [3.05, 3.63) is 34.4 Å². The molecule has 1 heterocycles. The molecule has 1 aliphatic heterocycles. The van der Waals surface area contributed by atoms with Gasteiger partial charge in [-0.25, -0.2) is 0 Å². The number of carbonyl (C=O) groups is 1. The molecule has 6 heteroatoms. The Hall–Kier alpha value is -2.11. The fourth-order valence-corrected chi connectivity index (χ4v) is 2.15. The third-order valence-corrected chi connectivity index (χ3v) is 3.22. The van der Waals surface area contributed by atoms with E-state index in [1.807, 2.05) is 0 Å². The van der Waals surface area contributed by atoms with Gasteiger partial charge in [-0.1, -0.05) is 6.07 Å². The van der Waals surface area contributed by atoms with Crippen LogP contribution >= 0.6 is 0 Å². The van der Waals surface area contributed by atoms with Crippen molar-refractivity contribution in [2.75, 3.05) is 13.1 Å². The average molecular weight is 264 g/mol. The average Bonchev–Trinajstić information content (AvgIpc) is 2.39. The number of non-ortho nitro benzene ring substituents is 1. The molecule has 1 saturated heterocycles. The summed E-state index contributed by atoms with van der Waals surface area (Å²) < 4.78 is 5.73. The van der Waals surface area contributed by atoms with E-state index >= 15 is 0 Å². The lowest BCUT2D eigenvalue weighted by atomic mass is 10.1. The number of ether oxygens (including phenoxy) is 1. The van der Waals surface area contributed by atoms with Crippen LogP contribution in [-0.2, 0) is 4.79 Å². The monoisotopic (exact) mass is 264 g/mol. The van der Waals surface area contributed by atoms with Crippen molar-refractivity contribution >= 4 is 11.6 Å². The van der Waals surface area contributed by atoms with Crippen LogP contribution < -0.4 is 4.74 Å². The number of rotatable bonds is 3. The van der Waals surface area contributed by atoms with Crippen molar-refractivity contribution in [1.82, 2.24) is 4.90 Å². The highest BCUT2D eigenvalue weighted by atomic mass is 16.6. The van der Waals surface area contributed by atoms with Gasteiger partial charge in [0.25, 0.3) is 5.69 Å². The molecule has 1 aromatic carbocycles. The molecular weight excluding hydrogens is 248 g/mol. The predicted octanol–water partition coefficient (Wildman–Crippen LogP) is 1.98. The van der Waals surface area contributed by atoms with E-state index in [0.29, 0.717) is 18.8 Å². The molecule has 0 aliphatic carbocycles. The van der Waals surface area contributed by atoms with E-state index in [1.165, 1.54) is 12.1 Å². The quantitative estimate of drug-likeness (QED) is 0.618. The van der Waals surface area contributed by atoms with Crippen molar-refractivity contribution in [3.63, 3.8) is 0 Å². The molecule has 1 aliphatic rings. The zero-order chi connectivity index (χ0) is 13.8. The molecule has 0 atom stereocenters. The maximum Gasteiger partial charge on any atom is 0.273 e. The number of benzene rings is 1. The summed E-state index contributed by atoms with van der Waals surface area (Å²) in [6.45, 7) is 2.91. The number of amides is 1. The first kappa shape index (κ1) is 13.3. The lowest BCUT2D eigenvalue weighted by Gasteiger charge is -2.31. The Labute approximate surface area is 111 Å². The molecule has 0 radical (unpaired) electrons. The molecule has 0 aromatic heterocycles. The van der Waals surface area contributed by atoms with Gasteiger partial charge in [0, 0.05) is 38.9 Å². The van der Waals surface area contributed by atoms with E-state index < -0.39 is 4.92 Å². The van der Waals surface area contributed by atoms with E-state index in [0.717, 1.165) is 12.8 Å². The highest BCUT2D eigenvalue weighted by molar-refractivity contribution is 5.73. The summed E-state index contributed by atoms with van der Waals surface area (Å²) in [6, 6.07) is 6.19. The van der Waals surface area contributed by atoms with Gasteiger partial charge in [-0.2, -0.15) is 0 Å². The Kier molecular flexibility index (Phi) is 3.99. The molecule has 0 spiro atoms. The second-order valence-electron chi connectivity index (χ2n) is 4.58. The number of piperidine rings is 1. The molecule has 1 fully saturated rings. The second kappa shape index (κ2) is 5.69. The van der Waals surface area contributed by atoms with E-state index in [1.54, 1.807) is 24.0 Å². The van der Waals surface area contributed by atoms with E-state index in [-0.39, 0.29) is 17.7 Å². The van der Waals surface area contributed by atoms with Gasteiger partial charge < -0.3 is 9.64 Å². The third-order valence-electron chi connectivity index (χ3n) is 3.22. The standard InChI is InChI=1S/C13H16N2O4/c1-10(16)14-7-5-12(6-8-14)19-13-4-2-3-11(9-13)15(17)18/h2-4,9,12H,5-8H2,1H3. The van der Waals surface area contributed by atoms with Crippen LogP contribution in [0.5, 0.6) is 5.75 Å². The summed E-state index contributed by atoms with van der Waals surface area (Å²) in [5.74, 6) is 0.587. The molecule has 102 valence electrons. The third kappa shape index (κ3) is 3.43. The van der Waals surface area contributed by atoms with Crippen molar-refractivity contribution < 1.29 is 14.5 Å². The predicted molar refractivity (Wildman–Crippen MR) is 69.0 cm³/mol. The maximum atomic E-state index is 11.2. The number of likely N-dealkylation sites (tertiary alicyclic amines) is 1. The minimum absolute atomic E-state index is 0.0117. The first-order chi connectivity index (χ1) is 9.06. The molecule has 2 rings (SSSR count). The second-order valence-corrected chi connectivity index (χ2v) is 4.58. The number of nitro benzene ring substituents is 1. The highest BCUT2D eigenvalue weighted by Crippen LogP contribution is 2.23. The van der Waals surface area contributed by atoms with Crippen LogP contribution in [0, 0.1) is 10.1 Å². The Morgan fingerprint density at radius 3 is 2.68 bits per heavy atom. The summed E-state index contributed by atoms with van der Waals surface area (Å²) in [4.78, 5) is 23.2. The first-order valence-electron chi connectivity index (χ1n) is 6.23. The number of hydrogen-bond donors (Lipinski definition) is 0. The van der Waals surface area contributed by atoms with Crippen molar-refractivity contribution in [2.45, 2.75) is 25.9 Å². The van der Waals surface area contributed by atoms with Crippen LogP contribution in [0.25, 0.3) is 0 Å². The van der Waals surface area contributed by atoms with Crippen LogP contribution in [0.4, 0.5) is 5.69 Å². The summed E-state index contributed by atoms with van der Waals surface area (Å²) in [7, 11) is 0. The van der Waals surface area contributed by atoms with Gasteiger partial charge in [-0.05, 0) is 6.07 Å². The van der Waals surface area contributed by atoms with Crippen molar-refractivity contribution in [1.29, 1.82) is 0 Å². The molecule has 0 saturated carbocycles. The number of nitrogens with zero attached hydrogens (tertiary/aromatic N) is 2. The normalized spacial score (nSPS) is 16.2. The minimum atomic E-state index is -0.439. The Morgan fingerprint density at radius 1 is 1.42 bits per heavy atom. The number of nitro groups is 1. The zero-order valence-corrected chi connectivity index (χ0v) is 10.7. The van der Waals surface area contributed by atoms with Gasteiger partial charge in [0.1, 0.15) is 11.9 Å². The van der Waals surface area contributed by atoms with E-state index in [4.69, 9.17) is 4.74 Å². The molecule has 1 amide bonds. The molecule has 19 heavy (non-hydrogen) atoms. The number of hydrogen-bond acceptors (Lipinski definition) is 4. The van der Waals surface area contributed by atoms with Crippen LogP contribution in [-0.4, -0.2) is 34.9 Å². The molecule has 0 N–H and O–H groups in total. The lowest BCUT2D eigenvalue weighted by Crippen LogP contribution is -2.40.